The third kappa shape index (κ3) is 3.43. The molecule has 0 unspecified atom stereocenters. The Morgan fingerprint density at radius 3 is 2.76 bits per heavy atom. The Hall–Kier alpha value is -1.85. The number of hydrogen-bond donors (Lipinski definition) is 2. The van der Waals surface area contributed by atoms with Crippen molar-refractivity contribution in [2.75, 3.05) is 0 Å². The summed E-state index contributed by atoms with van der Waals surface area (Å²) in [5.41, 5.74) is 1.71. The maximum absolute atomic E-state index is 11.1. The summed E-state index contributed by atoms with van der Waals surface area (Å²) < 4.78 is 0.465. The molecule has 0 saturated heterocycles. The van der Waals surface area contributed by atoms with Gasteiger partial charge in [-0.2, -0.15) is 0 Å². The molecule has 2 rings (SSSR count). The lowest BCUT2D eigenvalue weighted by atomic mass is 10.1. The first-order chi connectivity index (χ1) is 9.90. The van der Waals surface area contributed by atoms with Gasteiger partial charge in [0.25, 0.3) is 0 Å². The van der Waals surface area contributed by atoms with Crippen LogP contribution in [0.5, 0.6) is 5.75 Å². The third-order valence-electron chi connectivity index (χ3n) is 2.94. The number of benzene rings is 2. The molecule has 0 saturated carbocycles. The van der Waals surface area contributed by atoms with Crippen LogP contribution in [0.25, 0.3) is 0 Å². The van der Waals surface area contributed by atoms with Crippen LogP contribution in [0.15, 0.2) is 39.8 Å². The minimum Gasteiger partial charge on any atom is -0.506 e. The summed E-state index contributed by atoms with van der Waals surface area (Å²) in [5, 5.41) is 19.5. The zero-order valence-corrected chi connectivity index (χ0v) is 13.3. The molecule has 0 aromatic heterocycles. The maximum atomic E-state index is 11.1. The summed E-state index contributed by atoms with van der Waals surface area (Å²) in [4.78, 5) is 15.3. The molecule has 0 spiro atoms. The van der Waals surface area contributed by atoms with E-state index < -0.39 is 5.97 Å². The highest BCUT2D eigenvalue weighted by Gasteiger charge is 2.10. The summed E-state index contributed by atoms with van der Waals surface area (Å²) >= 11 is 9.12. The number of hydrogen-bond acceptors (Lipinski definition) is 3. The number of aromatic carboxylic acids is 1. The van der Waals surface area contributed by atoms with Crippen LogP contribution in [0.2, 0.25) is 5.02 Å². The molecule has 0 radical (unpaired) electrons. The van der Waals surface area contributed by atoms with Gasteiger partial charge >= 0.3 is 5.97 Å². The van der Waals surface area contributed by atoms with Crippen LogP contribution in [0.4, 0.5) is 5.69 Å². The Morgan fingerprint density at radius 2 is 2.10 bits per heavy atom. The van der Waals surface area contributed by atoms with Gasteiger partial charge in [-0.15, -0.1) is 0 Å². The summed E-state index contributed by atoms with van der Waals surface area (Å²) in [6.45, 7) is 1.68. The second-order valence-electron chi connectivity index (χ2n) is 4.34. The van der Waals surface area contributed by atoms with Gasteiger partial charge in [-0.1, -0.05) is 17.7 Å². The maximum Gasteiger partial charge on any atom is 0.336 e. The predicted molar refractivity (Wildman–Crippen MR) is 86.2 cm³/mol. The summed E-state index contributed by atoms with van der Waals surface area (Å²) in [7, 11) is 0. The first-order valence-corrected chi connectivity index (χ1v) is 7.12. The summed E-state index contributed by atoms with van der Waals surface area (Å²) in [5.74, 6) is -0.979. The molecule has 2 N–H and O–H groups in total. The normalized spacial score (nSPS) is 11.0. The molecule has 4 nitrogen and oxygen atoms in total. The van der Waals surface area contributed by atoms with Gasteiger partial charge in [-0.25, -0.2) is 4.79 Å². The zero-order valence-electron chi connectivity index (χ0n) is 11.0. The fraction of sp³-hybridized carbons (Fsp3) is 0.0667. The van der Waals surface area contributed by atoms with Gasteiger partial charge in [0, 0.05) is 16.8 Å². The van der Waals surface area contributed by atoms with Crippen LogP contribution in [-0.4, -0.2) is 22.4 Å². The van der Waals surface area contributed by atoms with Crippen molar-refractivity contribution < 1.29 is 15.0 Å². The van der Waals surface area contributed by atoms with E-state index in [4.69, 9.17) is 16.7 Å². The van der Waals surface area contributed by atoms with E-state index in [2.05, 4.69) is 20.9 Å². The van der Waals surface area contributed by atoms with E-state index in [0.29, 0.717) is 26.3 Å². The van der Waals surface area contributed by atoms with Crippen LogP contribution in [0.3, 0.4) is 0 Å². The van der Waals surface area contributed by atoms with E-state index in [1.807, 2.05) is 0 Å². The minimum atomic E-state index is -1.00. The number of aromatic hydroxyl groups is 1. The van der Waals surface area contributed by atoms with Gasteiger partial charge in [0.2, 0.25) is 0 Å². The molecule has 21 heavy (non-hydrogen) atoms. The van der Waals surface area contributed by atoms with Gasteiger partial charge in [0.1, 0.15) is 5.75 Å². The van der Waals surface area contributed by atoms with E-state index >= 15 is 0 Å². The van der Waals surface area contributed by atoms with E-state index in [0.717, 1.165) is 0 Å². The SMILES string of the molecule is Cc1c(N=Cc2cc(Cl)cc(Br)c2O)cccc1C(=O)O. The first kappa shape index (κ1) is 15.5. The van der Waals surface area contributed by atoms with E-state index in [1.165, 1.54) is 12.3 Å². The molecule has 108 valence electrons. The molecule has 2 aromatic carbocycles. The fourth-order valence-electron chi connectivity index (χ4n) is 1.82. The van der Waals surface area contributed by atoms with E-state index in [9.17, 15) is 9.90 Å². The smallest absolute Gasteiger partial charge is 0.336 e. The Balaban J connectivity index is 2.43. The van der Waals surface area contributed by atoms with Gasteiger partial charge in [0.05, 0.1) is 15.7 Å². The quantitative estimate of drug-likeness (QED) is 0.780. The average Bonchev–Trinajstić information content (AvgIpc) is 2.42. The minimum absolute atomic E-state index is 0.0233. The fourth-order valence-corrected chi connectivity index (χ4v) is 2.65. The number of phenols is 1. The average molecular weight is 369 g/mol. The second kappa shape index (κ2) is 6.28. The van der Waals surface area contributed by atoms with Crippen molar-refractivity contribution in [3.05, 3.63) is 56.5 Å². The lowest BCUT2D eigenvalue weighted by molar-refractivity contribution is 0.0696. The Labute approximate surface area is 134 Å². The number of halogens is 2. The standard InChI is InChI=1S/C15H11BrClNO3/c1-8-11(15(20)21)3-2-4-13(8)18-7-9-5-10(17)6-12(16)14(9)19/h2-7,19H,1H3,(H,20,21). The van der Waals surface area contributed by atoms with Crippen LogP contribution in [0, 0.1) is 6.92 Å². The van der Waals surface area contributed by atoms with Crippen LogP contribution >= 0.6 is 27.5 Å². The van der Waals surface area contributed by atoms with Crippen molar-refractivity contribution in [1.82, 2.24) is 0 Å². The first-order valence-electron chi connectivity index (χ1n) is 5.95. The summed E-state index contributed by atoms with van der Waals surface area (Å²) in [6.07, 6.45) is 1.44. The molecule has 6 heteroatoms. The molecule has 0 heterocycles. The zero-order chi connectivity index (χ0) is 15.6. The van der Waals surface area contributed by atoms with Gasteiger partial charge in [0.15, 0.2) is 0 Å². The van der Waals surface area contributed by atoms with E-state index in [1.54, 1.807) is 31.2 Å². The molecule has 0 fully saturated rings. The molecule has 0 atom stereocenters. The van der Waals surface area contributed by atoms with Crippen molar-refractivity contribution >= 4 is 45.4 Å². The molecule has 0 aliphatic heterocycles. The van der Waals surface area contributed by atoms with Crippen molar-refractivity contribution in [1.29, 1.82) is 0 Å². The molecular weight excluding hydrogens is 358 g/mol. The monoisotopic (exact) mass is 367 g/mol. The number of rotatable bonds is 3. The lowest BCUT2D eigenvalue weighted by Crippen LogP contribution is -1.99. The van der Waals surface area contributed by atoms with Crippen LogP contribution in [0.1, 0.15) is 21.5 Å². The number of carboxylic acids is 1. The molecule has 2 aromatic rings. The Morgan fingerprint density at radius 1 is 1.38 bits per heavy atom. The van der Waals surface area contributed by atoms with Crippen LogP contribution in [-0.2, 0) is 0 Å². The topological polar surface area (TPSA) is 69.9 Å². The molecule has 0 amide bonds. The highest BCUT2D eigenvalue weighted by atomic mass is 79.9. The van der Waals surface area contributed by atoms with Gasteiger partial charge in [-0.05, 0) is 52.7 Å². The highest BCUT2D eigenvalue weighted by molar-refractivity contribution is 9.10. The second-order valence-corrected chi connectivity index (χ2v) is 5.63. The third-order valence-corrected chi connectivity index (χ3v) is 3.76. The molecule has 0 bridgehead atoms. The number of carboxylic acid groups (broad SMARTS) is 1. The molecular formula is C15H11BrClNO3. The largest absolute Gasteiger partial charge is 0.506 e. The molecule has 0 aliphatic rings. The van der Waals surface area contributed by atoms with Crippen molar-refractivity contribution in [3.8, 4) is 5.75 Å². The molecule has 0 aliphatic carbocycles. The summed E-state index contributed by atoms with van der Waals surface area (Å²) in [6, 6.07) is 7.99. The Bertz CT molecular complexity index is 744. The number of carbonyl (C=O) groups is 1. The lowest BCUT2D eigenvalue weighted by Gasteiger charge is -2.05. The predicted octanol–water partition coefficient (Wildman–Crippen LogP) is 4.57. The highest BCUT2D eigenvalue weighted by Crippen LogP contribution is 2.31. The van der Waals surface area contributed by atoms with Crippen molar-refractivity contribution in [2.45, 2.75) is 6.92 Å². The Kier molecular flexibility index (Phi) is 4.65. The number of phenolic OH excluding ortho intramolecular Hbond substituents is 1. The van der Waals surface area contributed by atoms with Gasteiger partial charge in [-0.3, -0.25) is 4.99 Å². The number of aliphatic imine (C=N–C) groups is 1. The van der Waals surface area contributed by atoms with Crippen molar-refractivity contribution in [3.63, 3.8) is 0 Å². The number of nitrogens with zero attached hydrogens (tertiary/aromatic N) is 1. The van der Waals surface area contributed by atoms with Crippen LogP contribution < -0.4 is 0 Å². The van der Waals surface area contributed by atoms with Crippen molar-refractivity contribution in [2.24, 2.45) is 4.99 Å². The van der Waals surface area contributed by atoms with E-state index in [-0.39, 0.29) is 11.3 Å². The van der Waals surface area contributed by atoms with Gasteiger partial charge < -0.3 is 10.2 Å².